The molecule has 0 spiro atoms. The number of rotatable bonds is 6. The summed E-state index contributed by atoms with van der Waals surface area (Å²) in [7, 11) is 0. The molecule has 0 heterocycles. The molecule has 2 amide bonds. The van der Waals surface area contributed by atoms with Gasteiger partial charge in [0.1, 0.15) is 12.4 Å². The van der Waals surface area contributed by atoms with E-state index < -0.39 is 11.8 Å². The van der Waals surface area contributed by atoms with Gasteiger partial charge in [0.25, 0.3) is 0 Å². The summed E-state index contributed by atoms with van der Waals surface area (Å²) in [5.74, 6) is -0.918. The molecule has 0 saturated heterocycles. The maximum Gasteiger partial charge on any atom is 0.329 e. The molecule has 2 rings (SSSR count). The van der Waals surface area contributed by atoms with Crippen LogP contribution < -0.4 is 15.5 Å². The van der Waals surface area contributed by atoms with Gasteiger partial charge in [-0.25, -0.2) is 5.43 Å². The van der Waals surface area contributed by atoms with Crippen molar-refractivity contribution >= 4 is 23.7 Å². The minimum atomic E-state index is -0.844. The zero-order valence-electron chi connectivity index (χ0n) is 13.9. The van der Waals surface area contributed by atoms with Gasteiger partial charge in [0.15, 0.2) is 0 Å². The predicted molar refractivity (Wildman–Crippen MR) is 97.7 cm³/mol. The van der Waals surface area contributed by atoms with Crippen LogP contribution in [-0.4, -0.2) is 24.6 Å². The largest absolute Gasteiger partial charge is 0.490 e. The van der Waals surface area contributed by atoms with Crippen LogP contribution in [0.15, 0.2) is 66.3 Å². The van der Waals surface area contributed by atoms with Gasteiger partial charge in [-0.3, -0.25) is 9.59 Å². The molecule has 6 nitrogen and oxygen atoms in total. The number of ether oxygens (including phenoxy) is 1. The SMILES string of the molecule is C=CCOc1ccc(C=NNC(=O)C(=O)Nc2cccc(C)c2)cc1. The van der Waals surface area contributed by atoms with E-state index in [2.05, 4.69) is 22.4 Å². The minimum absolute atomic E-state index is 0.430. The highest BCUT2D eigenvalue weighted by Crippen LogP contribution is 2.11. The molecule has 2 aromatic rings. The van der Waals surface area contributed by atoms with Crippen LogP contribution >= 0.6 is 0 Å². The molecule has 0 aliphatic rings. The van der Waals surface area contributed by atoms with Crippen molar-refractivity contribution in [3.8, 4) is 5.75 Å². The number of nitrogens with one attached hydrogen (secondary N) is 2. The van der Waals surface area contributed by atoms with E-state index in [0.29, 0.717) is 18.0 Å². The van der Waals surface area contributed by atoms with Crippen molar-refractivity contribution in [1.82, 2.24) is 5.43 Å². The lowest BCUT2D eigenvalue weighted by Crippen LogP contribution is -2.32. The second kappa shape index (κ2) is 9.02. The monoisotopic (exact) mass is 337 g/mol. The van der Waals surface area contributed by atoms with Crippen molar-refractivity contribution in [2.24, 2.45) is 5.10 Å². The lowest BCUT2D eigenvalue weighted by Gasteiger charge is -2.04. The predicted octanol–water partition coefficient (Wildman–Crippen LogP) is 2.65. The summed E-state index contributed by atoms with van der Waals surface area (Å²) in [6, 6.07) is 14.3. The Morgan fingerprint density at radius 2 is 1.92 bits per heavy atom. The molecule has 0 atom stereocenters. The number of hydrazone groups is 1. The van der Waals surface area contributed by atoms with Gasteiger partial charge >= 0.3 is 11.8 Å². The summed E-state index contributed by atoms with van der Waals surface area (Å²) < 4.78 is 5.36. The number of benzene rings is 2. The fourth-order valence-electron chi connectivity index (χ4n) is 1.93. The van der Waals surface area contributed by atoms with Crippen LogP contribution in [0.25, 0.3) is 0 Å². The van der Waals surface area contributed by atoms with Crippen molar-refractivity contribution in [3.63, 3.8) is 0 Å². The summed E-state index contributed by atoms with van der Waals surface area (Å²) in [6.45, 7) is 5.90. The van der Waals surface area contributed by atoms with E-state index in [9.17, 15) is 9.59 Å². The van der Waals surface area contributed by atoms with Gasteiger partial charge in [0, 0.05) is 5.69 Å². The average Bonchev–Trinajstić information content (AvgIpc) is 2.61. The van der Waals surface area contributed by atoms with Crippen molar-refractivity contribution < 1.29 is 14.3 Å². The Morgan fingerprint density at radius 1 is 1.16 bits per heavy atom. The van der Waals surface area contributed by atoms with Crippen LogP contribution in [0.3, 0.4) is 0 Å². The Hall–Kier alpha value is -3.41. The summed E-state index contributed by atoms with van der Waals surface area (Å²) in [4.78, 5) is 23.5. The quantitative estimate of drug-likeness (QED) is 0.368. The molecule has 0 saturated carbocycles. The topological polar surface area (TPSA) is 79.8 Å². The van der Waals surface area contributed by atoms with Crippen LogP contribution in [0.4, 0.5) is 5.69 Å². The number of nitrogens with zero attached hydrogens (tertiary/aromatic N) is 1. The van der Waals surface area contributed by atoms with Crippen molar-refractivity contribution in [2.45, 2.75) is 6.92 Å². The number of hydrogen-bond acceptors (Lipinski definition) is 4. The molecular formula is C19H19N3O3. The van der Waals surface area contributed by atoms with E-state index in [0.717, 1.165) is 11.1 Å². The third kappa shape index (κ3) is 5.95. The summed E-state index contributed by atoms with van der Waals surface area (Å²) in [5.41, 5.74) is 4.48. The highest BCUT2D eigenvalue weighted by atomic mass is 16.5. The highest BCUT2D eigenvalue weighted by molar-refractivity contribution is 6.39. The molecular weight excluding hydrogens is 318 g/mol. The van der Waals surface area contributed by atoms with Gasteiger partial charge in [-0.2, -0.15) is 5.10 Å². The van der Waals surface area contributed by atoms with E-state index in [1.54, 1.807) is 48.5 Å². The van der Waals surface area contributed by atoms with Crippen molar-refractivity contribution in [1.29, 1.82) is 0 Å². The van der Waals surface area contributed by atoms with Gasteiger partial charge in [-0.05, 0) is 54.4 Å². The standard InChI is InChI=1S/C19H19N3O3/c1-3-11-25-17-9-7-15(8-10-17)13-20-22-19(24)18(23)21-16-6-4-5-14(2)12-16/h3-10,12-13H,1,11H2,2H3,(H,21,23)(H,22,24). The van der Waals surface area contributed by atoms with Crippen LogP contribution in [0.5, 0.6) is 5.75 Å². The maximum atomic E-state index is 11.8. The zero-order chi connectivity index (χ0) is 18.1. The Bertz CT molecular complexity index is 783. The molecule has 0 unspecified atom stereocenters. The molecule has 0 fully saturated rings. The summed E-state index contributed by atoms with van der Waals surface area (Å²) in [6.07, 6.45) is 3.10. The van der Waals surface area contributed by atoms with Crippen molar-refractivity contribution in [3.05, 3.63) is 72.3 Å². The molecule has 2 aromatic carbocycles. The Balaban J connectivity index is 1.85. The number of carbonyl (C=O) groups is 2. The molecule has 25 heavy (non-hydrogen) atoms. The number of carbonyl (C=O) groups excluding carboxylic acids is 2. The lowest BCUT2D eigenvalue weighted by molar-refractivity contribution is -0.136. The highest BCUT2D eigenvalue weighted by Gasteiger charge is 2.12. The molecule has 0 aliphatic heterocycles. The fourth-order valence-corrected chi connectivity index (χ4v) is 1.93. The molecule has 0 aromatic heterocycles. The van der Waals surface area contributed by atoms with E-state index in [-0.39, 0.29) is 0 Å². The second-order valence-corrected chi connectivity index (χ2v) is 5.19. The smallest absolute Gasteiger partial charge is 0.329 e. The lowest BCUT2D eigenvalue weighted by atomic mass is 10.2. The van der Waals surface area contributed by atoms with E-state index >= 15 is 0 Å². The van der Waals surface area contributed by atoms with Gasteiger partial charge in [0.2, 0.25) is 0 Å². The van der Waals surface area contributed by atoms with Gasteiger partial charge in [0.05, 0.1) is 6.21 Å². The van der Waals surface area contributed by atoms with Crippen LogP contribution in [0.1, 0.15) is 11.1 Å². The molecule has 6 heteroatoms. The van der Waals surface area contributed by atoms with Gasteiger partial charge in [-0.15, -0.1) is 0 Å². The first-order valence-corrected chi connectivity index (χ1v) is 7.63. The van der Waals surface area contributed by atoms with E-state index in [1.807, 2.05) is 13.0 Å². The molecule has 0 aliphatic carbocycles. The summed E-state index contributed by atoms with van der Waals surface area (Å²) >= 11 is 0. The van der Waals surface area contributed by atoms with E-state index in [4.69, 9.17) is 4.74 Å². The first kappa shape index (κ1) is 17.9. The number of amides is 2. The molecule has 2 N–H and O–H groups in total. The van der Waals surface area contributed by atoms with Gasteiger partial charge in [-0.1, -0.05) is 24.8 Å². The Labute approximate surface area is 146 Å². The van der Waals surface area contributed by atoms with Crippen LogP contribution in [0.2, 0.25) is 0 Å². The average molecular weight is 337 g/mol. The maximum absolute atomic E-state index is 11.8. The third-order valence-corrected chi connectivity index (χ3v) is 3.11. The normalized spacial score (nSPS) is 10.3. The Kier molecular flexibility index (Phi) is 6.47. The molecule has 0 radical (unpaired) electrons. The number of anilines is 1. The first-order chi connectivity index (χ1) is 12.1. The number of aryl methyl sites for hydroxylation is 1. The second-order valence-electron chi connectivity index (χ2n) is 5.19. The molecule has 128 valence electrons. The van der Waals surface area contributed by atoms with Crippen LogP contribution in [-0.2, 0) is 9.59 Å². The van der Waals surface area contributed by atoms with E-state index in [1.165, 1.54) is 6.21 Å². The van der Waals surface area contributed by atoms with Gasteiger partial charge < -0.3 is 10.1 Å². The van der Waals surface area contributed by atoms with Crippen molar-refractivity contribution in [2.75, 3.05) is 11.9 Å². The molecule has 0 bridgehead atoms. The first-order valence-electron chi connectivity index (χ1n) is 7.63. The van der Waals surface area contributed by atoms with Crippen LogP contribution in [0, 0.1) is 6.92 Å². The zero-order valence-corrected chi connectivity index (χ0v) is 13.9. The third-order valence-electron chi connectivity index (χ3n) is 3.11. The number of hydrogen-bond donors (Lipinski definition) is 2. The minimum Gasteiger partial charge on any atom is -0.490 e. The fraction of sp³-hybridized carbons (Fsp3) is 0.105. The summed E-state index contributed by atoms with van der Waals surface area (Å²) in [5, 5.41) is 6.28. The Morgan fingerprint density at radius 3 is 2.60 bits per heavy atom.